The zero-order valence-electron chi connectivity index (χ0n) is 12.7. The van der Waals surface area contributed by atoms with Gasteiger partial charge in [-0.1, -0.05) is 49.3 Å². The van der Waals surface area contributed by atoms with Crippen LogP contribution in [0.2, 0.25) is 0 Å². The van der Waals surface area contributed by atoms with Crippen molar-refractivity contribution in [1.82, 2.24) is 5.32 Å². The highest BCUT2D eigenvalue weighted by Gasteiger charge is 2.17. The summed E-state index contributed by atoms with van der Waals surface area (Å²) in [7, 11) is 0. The summed E-state index contributed by atoms with van der Waals surface area (Å²) in [6.07, 6.45) is 2.34. The molecule has 0 aliphatic heterocycles. The van der Waals surface area contributed by atoms with E-state index in [9.17, 15) is 0 Å². The number of nitrogens with zero attached hydrogens (tertiary/aromatic N) is 1. The van der Waals surface area contributed by atoms with Gasteiger partial charge in [0, 0.05) is 12.6 Å². The van der Waals surface area contributed by atoms with Crippen LogP contribution >= 0.6 is 0 Å². The lowest BCUT2D eigenvalue weighted by molar-refractivity contribution is 0.315. The van der Waals surface area contributed by atoms with Crippen LogP contribution in [0.5, 0.6) is 0 Å². The van der Waals surface area contributed by atoms with Gasteiger partial charge in [0.2, 0.25) is 0 Å². The molecule has 0 fully saturated rings. The molecule has 1 aromatic rings. The standard InChI is InChI=1S/C16H27N3O/c1-12(2)9-10-13(3)18-11-15(16(17)19-20)14-7-5-4-6-8-14/h4-8,12-13,15,18,20H,9-11H2,1-3H3,(H2,17,19). The van der Waals surface area contributed by atoms with E-state index in [1.807, 2.05) is 30.3 Å². The third-order valence-corrected chi connectivity index (χ3v) is 3.52. The first-order valence-corrected chi connectivity index (χ1v) is 7.30. The minimum Gasteiger partial charge on any atom is -0.409 e. The van der Waals surface area contributed by atoms with Gasteiger partial charge in [0.15, 0.2) is 0 Å². The molecular formula is C16H27N3O. The van der Waals surface area contributed by atoms with E-state index in [0.29, 0.717) is 18.5 Å². The lowest BCUT2D eigenvalue weighted by Gasteiger charge is -2.21. The minimum atomic E-state index is -0.0947. The summed E-state index contributed by atoms with van der Waals surface area (Å²) < 4.78 is 0. The first-order valence-electron chi connectivity index (χ1n) is 7.30. The monoisotopic (exact) mass is 277 g/mol. The molecule has 0 amide bonds. The van der Waals surface area contributed by atoms with Crippen LogP contribution < -0.4 is 11.1 Å². The average molecular weight is 277 g/mol. The number of amidine groups is 1. The molecular weight excluding hydrogens is 250 g/mol. The van der Waals surface area contributed by atoms with Gasteiger partial charge in [-0.05, 0) is 31.2 Å². The maximum absolute atomic E-state index is 8.94. The number of nitrogens with one attached hydrogen (secondary N) is 1. The van der Waals surface area contributed by atoms with Gasteiger partial charge in [0.1, 0.15) is 5.84 Å². The predicted octanol–water partition coefficient (Wildman–Crippen LogP) is 2.93. The lowest BCUT2D eigenvalue weighted by Crippen LogP contribution is -2.36. The molecule has 1 rings (SSSR count). The van der Waals surface area contributed by atoms with Crippen molar-refractivity contribution in [3.63, 3.8) is 0 Å². The Morgan fingerprint density at radius 1 is 1.20 bits per heavy atom. The molecule has 0 saturated heterocycles. The zero-order chi connectivity index (χ0) is 15.0. The van der Waals surface area contributed by atoms with Gasteiger partial charge < -0.3 is 16.3 Å². The summed E-state index contributed by atoms with van der Waals surface area (Å²) in [5, 5.41) is 15.6. The number of nitrogens with two attached hydrogens (primary N) is 1. The maximum Gasteiger partial charge on any atom is 0.147 e. The normalized spacial score (nSPS) is 15.3. The van der Waals surface area contributed by atoms with Crippen molar-refractivity contribution in [3.8, 4) is 0 Å². The lowest BCUT2D eigenvalue weighted by atomic mass is 9.97. The fraction of sp³-hybridized carbons (Fsp3) is 0.562. The van der Waals surface area contributed by atoms with Crippen LogP contribution in [-0.4, -0.2) is 23.6 Å². The number of benzene rings is 1. The van der Waals surface area contributed by atoms with E-state index in [1.165, 1.54) is 6.42 Å². The molecule has 0 aromatic heterocycles. The van der Waals surface area contributed by atoms with E-state index in [1.54, 1.807) is 0 Å². The number of hydrogen-bond donors (Lipinski definition) is 3. The molecule has 0 bridgehead atoms. The van der Waals surface area contributed by atoms with Gasteiger partial charge in [-0.2, -0.15) is 0 Å². The van der Waals surface area contributed by atoms with Crippen molar-refractivity contribution in [1.29, 1.82) is 0 Å². The summed E-state index contributed by atoms with van der Waals surface area (Å²) in [6, 6.07) is 10.3. The van der Waals surface area contributed by atoms with Gasteiger partial charge in [-0.3, -0.25) is 0 Å². The van der Waals surface area contributed by atoms with Gasteiger partial charge in [0.05, 0.1) is 5.92 Å². The number of oxime groups is 1. The van der Waals surface area contributed by atoms with Crippen LogP contribution in [0.1, 0.15) is 45.1 Å². The zero-order valence-corrected chi connectivity index (χ0v) is 12.7. The van der Waals surface area contributed by atoms with Crippen molar-refractivity contribution in [2.75, 3.05) is 6.54 Å². The fourth-order valence-corrected chi connectivity index (χ4v) is 2.15. The molecule has 0 aliphatic carbocycles. The average Bonchev–Trinajstić information content (AvgIpc) is 2.46. The van der Waals surface area contributed by atoms with Crippen molar-refractivity contribution in [2.45, 2.75) is 45.6 Å². The topological polar surface area (TPSA) is 70.6 Å². The van der Waals surface area contributed by atoms with Gasteiger partial charge in [0.25, 0.3) is 0 Å². The Kier molecular flexibility index (Phi) is 7.09. The predicted molar refractivity (Wildman–Crippen MR) is 84.1 cm³/mol. The molecule has 0 spiro atoms. The third kappa shape index (κ3) is 5.61. The molecule has 2 unspecified atom stereocenters. The molecule has 0 radical (unpaired) electrons. The van der Waals surface area contributed by atoms with E-state index in [-0.39, 0.29) is 11.8 Å². The highest BCUT2D eigenvalue weighted by molar-refractivity contribution is 5.87. The molecule has 4 nitrogen and oxygen atoms in total. The molecule has 4 N–H and O–H groups in total. The molecule has 0 heterocycles. The fourth-order valence-electron chi connectivity index (χ4n) is 2.15. The highest BCUT2D eigenvalue weighted by Crippen LogP contribution is 2.15. The van der Waals surface area contributed by atoms with Crippen LogP contribution in [0.15, 0.2) is 35.5 Å². The Bertz CT molecular complexity index is 403. The first kappa shape index (κ1) is 16.5. The maximum atomic E-state index is 8.94. The first-order chi connectivity index (χ1) is 9.54. The number of hydrogen-bond acceptors (Lipinski definition) is 3. The molecule has 2 atom stereocenters. The molecule has 1 aromatic carbocycles. The second-order valence-electron chi connectivity index (χ2n) is 5.77. The van der Waals surface area contributed by atoms with Crippen LogP contribution in [0, 0.1) is 5.92 Å². The summed E-state index contributed by atoms with van der Waals surface area (Å²) >= 11 is 0. The van der Waals surface area contributed by atoms with Crippen molar-refractivity contribution in [2.24, 2.45) is 16.8 Å². The van der Waals surface area contributed by atoms with E-state index >= 15 is 0 Å². The Hall–Kier alpha value is -1.55. The Morgan fingerprint density at radius 2 is 1.85 bits per heavy atom. The van der Waals surface area contributed by atoms with E-state index in [2.05, 4.69) is 31.2 Å². The van der Waals surface area contributed by atoms with E-state index in [0.717, 1.165) is 12.0 Å². The Balaban J connectivity index is 2.59. The molecule has 4 heteroatoms. The summed E-state index contributed by atoms with van der Waals surface area (Å²) in [4.78, 5) is 0. The van der Waals surface area contributed by atoms with Crippen molar-refractivity contribution in [3.05, 3.63) is 35.9 Å². The van der Waals surface area contributed by atoms with Gasteiger partial charge in [-0.25, -0.2) is 0 Å². The highest BCUT2D eigenvalue weighted by atomic mass is 16.4. The molecule has 0 aliphatic rings. The SMILES string of the molecule is CC(C)CCC(C)NCC(C(N)=NO)c1ccccc1. The third-order valence-electron chi connectivity index (χ3n) is 3.52. The van der Waals surface area contributed by atoms with Crippen molar-refractivity contribution < 1.29 is 5.21 Å². The van der Waals surface area contributed by atoms with Crippen molar-refractivity contribution >= 4 is 5.84 Å². The van der Waals surface area contributed by atoms with E-state index in [4.69, 9.17) is 10.9 Å². The summed E-state index contributed by atoms with van der Waals surface area (Å²) in [5.74, 6) is 0.871. The molecule has 20 heavy (non-hydrogen) atoms. The Labute approximate surface area is 122 Å². The quantitative estimate of drug-likeness (QED) is 0.296. The van der Waals surface area contributed by atoms with Crippen LogP contribution in [0.4, 0.5) is 0 Å². The summed E-state index contributed by atoms with van der Waals surface area (Å²) in [6.45, 7) is 7.32. The minimum absolute atomic E-state index is 0.0947. The Morgan fingerprint density at radius 3 is 2.40 bits per heavy atom. The van der Waals surface area contributed by atoms with E-state index < -0.39 is 0 Å². The smallest absolute Gasteiger partial charge is 0.147 e. The van der Waals surface area contributed by atoms with Crippen LogP contribution in [0.25, 0.3) is 0 Å². The van der Waals surface area contributed by atoms with Gasteiger partial charge in [-0.15, -0.1) is 0 Å². The van der Waals surface area contributed by atoms with Gasteiger partial charge >= 0.3 is 0 Å². The second kappa shape index (κ2) is 8.59. The summed E-state index contributed by atoms with van der Waals surface area (Å²) in [5.41, 5.74) is 6.88. The second-order valence-corrected chi connectivity index (χ2v) is 5.77. The molecule has 112 valence electrons. The van der Waals surface area contributed by atoms with Crippen LogP contribution in [-0.2, 0) is 0 Å². The van der Waals surface area contributed by atoms with Crippen LogP contribution in [0.3, 0.4) is 0 Å². The largest absolute Gasteiger partial charge is 0.409 e. The number of rotatable bonds is 8. The molecule has 0 saturated carbocycles.